The third-order valence-corrected chi connectivity index (χ3v) is 5.17. The first-order valence-electron chi connectivity index (χ1n) is 7.24. The van der Waals surface area contributed by atoms with E-state index in [9.17, 15) is 0 Å². The Balaban J connectivity index is 1.57. The number of thiophene rings is 1. The normalized spacial score (nSPS) is 15.1. The minimum absolute atomic E-state index is 0.681. The molecule has 0 spiro atoms. The first-order valence-corrected chi connectivity index (χ1v) is 8.12. The molecule has 0 aromatic carbocycles. The standard InChI is InChI=1S/C16H17N5S/c1-11(17)14-10-22-15-9-20(4-2-13(14)15)8-12-6-19-16-7-18-3-5-21(12)16/h3,5-7,10H,1-2,4,8-9,17H2. The molecule has 4 rings (SSSR count). The van der Waals surface area contributed by atoms with E-state index in [1.165, 1.54) is 16.1 Å². The van der Waals surface area contributed by atoms with Crippen molar-refractivity contribution in [3.05, 3.63) is 58.4 Å². The van der Waals surface area contributed by atoms with Crippen LogP contribution in [0.15, 0.2) is 36.7 Å². The topological polar surface area (TPSA) is 59.5 Å². The van der Waals surface area contributed by atoms with Crippen molar-refractivity contribution in [2.24, 2.45) is 5.73 Å². The van der Waals surface area contributed by atoms with Crippen molar-refractivity contribution in [2.75, 3.05) is 6.54 Å². The van der Waals surface area contributed by atoms with Gasteiger partial charge in [0.1, 0.15) is 0 Å². The van der Waals surface area contributed by atoms with Gasteiger partial charge in [0.05, 0.1) is 18.1 Å². The fourth-order valence-electron chi connectivity index (χ4n) is 3.03. The average Bonchev–Trinajstić information content (AvgIpc) is 3.11. The maximum atomic E-state index is 5.87. The largest absolute Gasteiger partial charge is 0.399 e. The maximum Gasteiger partial charge on any atom is 0.155 e. The lowest BCUT2D eigenvalue weighted by Crippen LogP contribution is -2.30. The predicted molar refractivity (Wildman–Crippen MR) is 88.3 cm³/mol. The Labute approximate surface area is 132 Å². The van der Waals surface area contributed by atoms with Gasteiger partial charge in [-0.2, -0.15) is 0 Å². The van der Waals surface area contributed by atoms with Gasteiger partial charge in [0.2, 0.25) is 0 Å². The van der Waals surface area contributed by atoms with Crippen LogP contribution >= 0.6 is 11.3 Å². The minimum Gasteiger partial charge on any atom is -0.399 e. The number of fused-ring (bicyclic) bond motifs is 2. The molecule has 0 amide bonds. The van der Waals surface area contributed by atoms with Gasteiger partial charge in [-0.3, -0.25) is 14.3 Å². The molecule has 0 unspecified atom stereocenters. The Hall–Kier alpha value is -2.18. The van der Waals surface area contributed by atoms with Gasteiger partial charge in [0, 0.05) is 53.5 Å². The van der Waals surface area contributed by atoms with Crippen molar-refractivity contribution in [3.8, 4) is 0 Å². The highest BCUT2D eigenvalue weighted by Gasteiger charge is 2.22. The summed E-state index contributed by atoms with van der Waals surface area (Å²) < 4.78 is 2.10. The number of aromatic nitrogens is 3. The molecule has 0 saturated heterocycles. The first kappa shape index (κ1) is 13.5. The van der Waals surface area contributed by atoms with Crippen LogP contribution in [0.1, 0.15) is 21.7 Å². The zero-order chi connectivity index (χ0) is 15.1. The lowest BCUT2D eigenvalue weighted by Gasteiger charge is -2.27. The highest BCUT2D eigenvalue weighted by Crippen LogP contribution is 2.31. The average molecular weight is 311 g/mol. The van der Waals surface area contributed by atoms with Crippen LogP contribution in [0.2, 0.25) is 0 Å². The van der Waals surface area contributed by atoms with E-state index < -0.39 is 0 Å². The monoisotopic (exact) mass is 311 g/mol. The zero-order valence-corrected chi connectivity index (χ0v) is 13.0. The third kappa shape index (κ3) is 2.20. The van der Waals surface area contributed by atoms with Gasteiger partial charge in [-0.25, -0.2) is 4.98 Å². The van der Waals surface area contributed by atoms with E-state index in [1.807, 2.05) is 12.4 Å². The van der Waals surface area contributed by atoms with Crippen LogP contribution in [-0.2, 0) is 19.5 Å². The Kier molecular flexibility index (Phi) is 3.20. The van der Waals surface area contributed by atoms with Gasteiger partial charge in [-0.05, 0) is 12.0 Å². The summed E-state index contributed by atoms with van der Waals surface area (Å²) in [4.78, 5) is 12.4. The number of rotatable bonds is 3. The maximum absolute atomic E-state index is 5.87. The molecule has 0 bridgehead atoms. The van der Waals surface area contributed by atoms with Gasteiger partial charge in [0.25, 0.3) is 0 Å². The predicted octanol–water partition coefficient (Wildman–Crippen LogP) is 2.28. The molecule has 3 aromatic rings. The molecule has 0 atom stereocenters. The van der Waals surface area contributed by atoms with Crippen molar-refractivity contribution in [1.82, 2.24) is 19.3 Å². The fourth-order valence-corrected chi connectivity index (χ4v) is 4.19. The number of nitrogens with two attached hydrogens (primary N) is 1. The molecule has 112 valence electrons. The van der Waals surface area contributed by atoms with Crippen LogP contribution in [0, 0.1) is 0 Å². The Morgan fingerprint density at radius 2 is 2.32 bits per heavy atom. The quantitative estimate of drug-likeness (QED) is 0.806. The summed E-state index contributed by atoms with van der Waals surface area (Å²) in [6.45, 7) is 6.76. The molecule has 3 aromatic heterocycles. The van der Waals surface area contributed by atoms with Crippen molar-refractivity contribution < 1.29 is 0 Å². The van der Waals surface area contributed by atoms with Crippen LogP contribution < -0.4 is 5.73 Å². The summed E-state index contributed by atoms with van der Waals surface area (Å²) in [5.41, 5.74) is 11.2. The van der Waals surface area contributed by atoms with E-state index >= 15 is 0 Å². The summed E-state index contributed by atoms with van der Waals surface area (Å²) in [5, 5.41) is 2.14. The van der Waals surface area contributed by atoms with Crippen molar-refractivity contribution in [3.63, 3.8) is 0 Å². The van der Waals surface area contributed by atoms with Crippen molar-refractivity contribution in [2.45, 2.75) is 19.5 Å². The summed E-state index contributed by atoms with van der Waals surface area (Å²) in [6.07, 6.45) is 8.52. The van der Waals surface area contributed by atoms with Crippen LogP contribution in [-0.4, -0.2) is 25.8 Å². The van der Waals surface area contributed by atoms with E-state index in [1.54, 1.807) is 23.7 Å². The second kappa shape index (κ2) is 5.23. The highest BCUT2D eigenvalue weighted by atomic mass is 32.1. The van der Waals surface area contributed by atoms with E-state index in [4.69, 9.17) is 5.73 Å². The van der Waals surface area contributed by atoms with Crippen molar-refractivity contribution >= 4 is 22.7 Å². The SMILES string of the molecule is C=C(N)c1csc2c1CCN(Cc1cnc3cnccn13)C2. The third-order valence-electron chi connectivity index (χ3n) is 4.15. The number of nitrogens with zero attached hydrogens (tertiary/aromatic N) is 4. The molecule has 6 heteroatoms. The Morgan fingerprint density at radius 1 is 1.41 bits per heavy atom. The summed E-state index contributed by atoms with van der Waals surface area (Å²) in [6, 6.07) is 0. The highest BCUT2D eigenvalue weighted by molar-refractivity contribution is 7.10. The Bertz CT molecular complexity index is 847. The van der Waals surface area contributed by atoms with E-state index in [2.05, 4.69) is 31.2 Å². The van der Waals surface area contributed by atoms with Gasteiger partial charge < -0.3 is 5.73 Å². The van der Waals surface area contributed by atoms with Gasteiger partial charge in [-0.15, -0.1) is 11.3 Å². The number of imidazole rings is 1. The molecule has 5 nitrogen and oxygen atoms in total. The van der Waals surface area contributed by atoms with Crippen molar-refractivity contribution in [1.29, 1.82) is 0 Å². The second-order valence-corrected chi connectivity index (χ2v) is 6.56. The minimum atomic E-state index is 0.681. The summed E-state index contributed by atoms with van der Waals surface area (Å²) in [5.74, 6) is 0. The molecule has 0 aliphatic carbocycles. The molecule has 0 radical (unpaired) electrons. The van der Waals surface area contributed by atoms with Crippen LogP contribution in [0.3, 0.4) is 0 Å². The lowest BCUT2D eigenvalue weighted by atomic mass is 10.0. The first-order chi connectivity index (χ1) is 10.7. The summed E-state index contributed by atoms with van der Waals surface area (Å²) >= 11 is 1.79. The second-order valence-electron chi connectivity index (χ2n) is 5.59. The summed E-state index contributed by atoms with van der Waals surface area (Å²) in [7, 11) is 0. The van der Waals surface area contributed by atoms with Crippen LogP contribution in [0.4, 0.5) is 0 Å². The van der Waals surface area contributed by atoms with E-state index in [-0.39, 0.29) is 0 Å². The van der Waals surface area contributed by atoms with E-state index in [0.717, 1.165) is 37.3 Å². The van der Waals surface area contributed by atoms with Crippen LogP contribution in [0.5, 0.6) is 0 Å². The molecular weight excluding hydrogens is 294 g/mol. The molecule has 4 heterocycles. The molecule has 22 heavy (non-hydrogen) atoms. The van der Waals surface area contributed by atoms with Gasteiger partial charge >= 0.3 is 0 Å². The molecule has 0 fully saturated rings. The van der Waals surface area contributed by atoms with E-state index in [0.29, 0.717) is 5.70 Å². The molecule has 2 N–H and O–H groups in total. The smallest absolute Gasteiger partial charge is 0.155 e. The zero-order valence-electron chi connectivity index (χ0n) is 12.2. The fraction of sp³-hybridized carbons (Fsp3) is 0.250. The van der Waals surface area contributed by atoms with Crippen LogP contribution in [0.25, 0.3) is 11.3 Å². The molecule has 0 saturated carbocycles. The molecule has 1 aliphatic rings. The number of hydrogen-bond acceptors (Lipinski definition) is 5. The lowest BCUT2D eigenvalue weighted by molar-refractivity contribution is 0.245. The molecule has 1 aliphatic heterocycles. The van der Waals surface area contributed by atoms with Gasteiger partial charge in [-0.1, -0.05) is 6.58 Å². The Morgan fingerprint density at radius 3 is 3.18 bits per heavy atom. The molecular formula is C16H17N5S. The van der Waals surface area contributed by atoms with Gasteiger partial charge in [0.15, 0.2) is 5.65 Å². The number of hydrogen-bond donors (Lipinski definition) is 1.